The van der Waals surface area contributed by atoms with Crippen LogP contribution in [0.15, 0.2) is 81.5 Å². The van der Waals surface area contributed by atoms with E-state index in [1.165, 1.54) is 55.2 Å². The quantitative estimate of drug-likeness (QED) is 0.164. The summed E-state index contributed by atoms with van der Waals surface area (Å²) in [6.07, 6.45) is 26.0. The van der Waals surface area contributed by atoms with Crippen molar-refractivity contribution in [1.29, 1.82) is 0 Å². The van der Waals surface area contributed by atoms with E-state index in [2.05, 4.69) is 135 Å². The zero-order chi connectivity index (χ0) is 29.8. The molecule has 0 saturated carbocycles. The van der Waals surface area contributed by atoms with Gasteiger partial charge in [0.2, 0.25) is 0 Å². The van der Waals surface area contributed by atoms with Crippen molar-refractivity contribution < 1.29 is 0 Å². The minimum Gasteiger partial charge on any atom is -0.0985 e. The van der Waals surface area contributed by atoms with Crippen LogP contribution in [0.1, 0.15) is 127 Å². The summed E-state index contributed by atoms with van der Waals surface area (Å²) in [6, 6.07) is 0. The van der Waals surface area contributed by atoms with Crippen molar-refractivity contribution in [2.24, 2.45) is 16.7 Å². The smallest absolute Gasteiger partial charge is 0.0357 e. The van der Waals surface area contributed by atoms with Gasteiger partial charge in [-0.3, -0.25) is 0 Å². The van der Waals surface area contributed by atoms with E-state index in [-0.39, 0.29) is 11.3 Å². The van der Waals surface area contributed by atoms with Crippen molar-refractivity contribution in [3.05, 3.63) is 81.5 Å². The lowest BCUT2D eigenvalue weighted by atomic mass is 9.71. The number of hydrogen-bond acceptors (Lipinski definition) is 0. The van der Waals surface area contributed by atoms with Crippen molar-refractivity contribution in [3.8, 4) is 23.7 Å². The molecule has 216 valence electrons. The summed E-state index contributed by atoms with van der Waals surface area (Å²) in [4.78, 5) is 0. The summed E-state index contributed by atoms with van der Waals surface area (Å²) in [5.41, 5.74) is 10.7. The molecule has 2 rings (SSSR count). The van der Waals surface area contributed by atoms with E-state index in [9.17, 15) is 0 Å². The first-order chi connectivity index (χ1) is 18.8. The summed E-state index contributed by atoms with van der Waals surface area (Å²) < 4.78 is 0. The van der Waals surface area contributed by atoms with Gasteiger partial charge in [-0.2, -0.15) is 0 Å². The second kappa shape index (κ2) is 15.9. The molecule has 2 aliphatic rings. The Labute approximate surface area is 248 Å². The molecule has 0 nitrogen and oxygen atoms in total. The highest BCUT2D eigenvalue weighted by atomic mass is 14.3. The van der Waals surface area contributed by atoms with Gasteiger partial charge in [-0.05, 0) is 108 Å². The fraction of sp³-hybridized carbons (Fsp3) is 0.550. The van der Waals surface area contributed by atoms with Crippen LogP contribution in [0.5, 0.6) is 0 Å². The molecule has 0 aliphatic heterocycles. The van der Waals surface area contributed by atoms with Crippen LogP contribution in [0, 0.1) is 40.4 Å². The Morgan fingerprint density at radius 1 is 0.900 bits per heavy atom. The van der Waals surface area contributed by atoms with Gasteiger partial charge in [0.1, 0.15) is 0 Å². The van der Waals surface area contributed by atoms with Crippen LogP contribution >= 0.6 is 0 Å². The summed E-state index contributed by atoms with van der Waals surface area (Å²) in [6.45, 7) is 22.8. The molecule has 1 atom stereocenters. The number of rotatable bonds is 8. The lowest BCUT2D eigenvalue weighted by molar-refractivity contribution is 0.360. The third-order valence-electron chi connectivity index (χ3n) is 8.65. The first-order valence-electron chi connectivity index (χ1n) is 15.5. The lowest BCUT2D eigenvalue weighted by Gasteiger charge is -2.34. The fourth-order valence-corrected chi connectivity index (χ4v) is 5.97. The molecule has 0 aromatic rings. The number of hydrogen-bond donors (Lipinski definition) is 0. The van der Waals surface area contributed by atoms with Crippen molar-refractivity contribution in [2.75, 3.05) is 0 Å². The van der Waals surface area contributed by atoms with Crippen molar-refractivity contribution >= 4 is 0 Å². The molecular weight excluding hydrogens is 480 g/mol. The molecule has 0 saturated heterocycles. The van der Waals surface area contributed by atoms with Gasteiger partial charge in [0.05, 0.1) is 0 Å². The Bertz CT molecular complexity index is 1220. The molecule has 0 heterocycles. The monoisotopic (exact) mass is 536 g/mol. The average molecular weight is 537 g/mol. The van der Waals surface area contributed by atoms with E-state index >= 15 is 0 Å². The van der Waals surface area contributed by atoms with Crippen LogP contribution in [0.25, 0.3) is 0 Å². The molecule has 0 aromatic carbocycles. The third kappa shape index (κ3) is 11.4. The van der Waals surface area contributed by atoms with E-state index in [1.807, 2.05) is 0 Å². The Hall–Kier alpha value is -2.70. The second-order valence-electron chi connectivity index (χ2n) is 13.5. The largest absolute Gasteiger partial charge is 0.0985 e. The highest BCUT2D eigenvalue weighted by molar-refractivity contribution is 5.37. The van der Waals surface area contributed by atoms with Crippen LogP contribution < -0.4 is 0 Å². The van der Waals surface area contributed by atoms with E-state index < -0.39 is 0 Å². The molecule has 0 aromatic heterocycles. The molecule has 0 amide bonds. The van der Waals surface area contributed by atoms with Gasteiger partial charge in [-0.1, -0.05) is 122 Å². The molecule has 0 spiro atoms. The third-order valence-corrected chi connectivity index (χ3v) is 8.65. The first kappa shape index (κ1) is 33.5. The molecular formula is C40H56. The second-order valence-corrected chi connectivity index (χ2v) is 13.5. The van der Waals surface area contributed by atoms with Gasteiger partial charge in [-0.15, -0.1) is 0 Å². The highest BCUT2D eigenvalue weighted by Gasteiger charge is 2.27. The standard InChI is InChI=1S/C40H56/c1-31(19-13-21-33(3)25-27-37-35(5)23-15-29-39(37,7)8)17-11-12-18-32(2)20-14-22-34(4)26-28-38-36(6)24-16-30-40(38,9)10/h14,17,20,22,25-26,28,32H,11,15-16,21,23-24,27,29-30H2,1-10H3/b20-14+,28-26+,31-17+,33-25+,34-22+. The maximum Gasteiger partial charge on any atom is 0.0357 e. The van der Waals surface area contributed by atoms with Crippen molar-refractivity contribution in [3.63, 3.8) is 0 Å². The molecule has 0 bridgehead atoms. The van der Waals surface area contributed by atoms with Crippen LogP contribution in [-0.4, -0.2) is 0 Å². The number of allylic oxidation sites excluding steroid dienone is 14. The van der Waals surface area contributed by atoms with Gasteiger partial charge in [0, 0.05) is 18.8 Å². The van der Waals surface area contributed by atoms with Crippen LogP contribution in [0.4, 0.5) is 0 Å². The van der Waals surface area contributed by atoms with Gasteiger partial charge in [-0.25, -0.2) is 0 Å². The zero-order valence-corrected chi connectivity index (χ0v) is 27.5. The summed E-state index contributed by atoms with van der Waals surface area (Å²) in [5, 5.41) is 0. The maximum absolute atomic E-state index is 3.35. The molecule has 0 N–H and O–H groups in total. The first-order valence-corrected chi connectivity index (χ1v) is 15.5. The van der Waals surface area contributed by atoms with Crippen LogP contribution in [0.2, 0.25) is 0 Å². The SMILES string of the molecule is CC1=C(/C=C/C(C)=C/C=C/C(C)C#CC/C=C(\C)C#CC/C(C)=C/CC2=C(C)CCCC2(C)C)C(C)(C)CCC1. The highest BCUT2D eigenvalue weighted by Crippen LogP contribution is 2.42. The normalized spacial score (nSPS) is 20.9. The molecule has 1 unspecified atom stereocenters. The van der Waals surface area contributed by atoms with E-state index in [1.54, 1.807) is 16.7 Å². The Kier molecular flexibility index (Phi) is 13.3. The van der Waals surface area contributed by atoms with E-state index in [4.69, 9.17) is 0 Å². The lowest BCUT2D eigenvalue weighted by Crippen LogP contribution is -2.20. The molecule has 40 heavy (non-hydrogen) atoms. The summed E-state index contributed by atoms with van der Waals surface area (Å²) >= 11 is 0. The average Bonchev–Trinajstić information content (AvgIpc) is 2.85. The van der Waals surface area contributed by atoms with E-state index in [0.717, 1.165) is 24.8 Å². The summed E-state index contributed by atoms with van der Waals surface area (Å²) in [5.74, 6) is 13.5. The predicted molar refractivity (Wildman–Crippen MR) is 179 cm³/mol. The Morgan fingerprint density at radius 3 is 2.25 bits per heavy atom. The minimum absolute atomic E-state index is 0.232. The molecule has 0 radical (unpaired) electrons. The topological polar surface area (TPSA) is 0 Å². The molecule has 2 aliphatic carbocycles. The summed E-state index contributed by atoms with van der Waals surface area (Å²) in [7, 11) is 0. The zero-order valence-electron chi connectivity index (χ0n) is 27.5. The van der Waals surface area contributed by atoms with Gasteiger partial charge >= 0.3 is 0 Å². The maximum atomic E-state index is 3.35. The molecule has 0 heteroatoms. The van der Waals surface area contributed by atoms with Gasteiger partial charge in [0.25, 0.3) is 0 Å². The predicted octanol–water partition coefficient (Wildman–Crippen LogP) is 11.8. The van der Waals surface area contributed by atoms with Crippen molar-refractivity contribution in [2.45, 2.75) is 127 Å². The Morgan fingerprint density at radius 2 is 1.57 bits per heavy atom. The Balaban J connectivity index is 1.81. The minimum atomic E-state index is 0.232. The van der Waals surface area contributed by atoms with Crippen LogP contribution in [0.3, 0.4) is 0 Å². The molecule has 0 fully saturated rings. The van der Waals surface area contributed by atoms with Gasteiger partial charge in [0.15, 0.2) is 0 Å². The van der Waals surface area contributed by atoms with Gasteiger partial charge < -0.3 is 0 Å². The van der Waals surface area contributed by atoms with Crippen molar-refractivity contribution in [1.82, 2.24) is 0 Å². The fourth-order valence-electron chi connectivity index (χ4n) is 5.97. The van der Waals surface area contributed by atoms with Crippen LogP contribution in [-0.2, 0) is 0 Å². The van der Waals surface area contributed by atoms with E-state index in [0.29, 0.717) is 5.41 Å².